The first kappa shape index (κ1) is 17.0. The monoisotopic (exact) mass is 350 g/mol. The molecule has 0 unspecified atom stereocenters. The molecule has 26 heavy (non-hydrogen) atoms. The molecule has 0 radical (unpaired) electrons. The van der Waals surface area contributed by atoms with Crippen LogP contribution in [0.3, 0.4) is 0 Å². The van der Waals surface area contributed by atoms with E-state index < -0.39 is 0 Å². The van der Waals surface area contributed by atoms with Crippen molar-refractivity contribution in [2.75, 3.05) is 31.5 Å². The number of amides is 1. The third kappa shape index (κ3) is 3.73. The zero-order valence-corrected chi connectivity index (χ0v) is 15.1. The molecule has 1 aromatic carbocycles. The van der Waals surface area contributed by atoms with Gasteiger partial charge in [0, 0.05) is 55.2 Å². The second-order valence-corrected chi connectivity index (χ2v) is 7.54. The fourth-order valence-corrected chi connectivity index (χ4v) is 4.14. The fraction of sp³-hybridized carbons (Fsp3) is 0.429. The normalized spacial score (nSPS) is 22.5. The predicted molar refractivity (Wildman–Crippen MR) is 103 cm³/mol. The van der Waals surface area contributed by atoms with E-state index in [0.717, 1.165) is 50.4 Å². The van der Waals surface area contributed by atoms with Gasteiger partial charge in [-0.3, -0.25) is 9.78 Å². The average Bonchev–Trinajstić information content (AvgIpc) is 3.14. The van der Waals surface area contributed by atoms with Gasteiger partial charge in [0.25, 0.3) is 5.91 Å². The second-order valence-electron chi connectivity index (χ2n) is 7.54. The van der Waals surface area contributed by atoms with Crippen LogP contribution in [0.2, 0.25) is 0 Å². The van der Waals surface area contributed by atoms with Gasteiger partial charge >= 0.3 is 0 Å². The lowest BCUT2D eigenvalue weighted by Gasteiger charge is -2.40. The van der Waals surface area contributed by atoms with E-state index in [1.54, 1.807) is 12.4 Å². The average molecular weight is 350 g/mol. The van der Waals surface area contributed by atoms with E-state index in [-0.39, 0.29) is 5.91 Å². The van der Waals surface area contributed by atoms with Crippen molar-refractivity contribution in [2.45, 2.75) is 25.8 Å². The lowest BCUT2D eigenvalue weighted by Crippen LogP contribution is -2.47. The molecular weight excluding hydrogens is 324 g/mol. The first-order valence-corrected chi connectivity index (χ1v) is 9.47. The number of aromatic nitrogens is 1. The van der Waals surface area contributed by atoms with Crippen LogP contribution in [0.25, 0.3) is 0 Å². The Morgan fingerprint density at radius 3 is 2.69 bits per heavy atom. The third-order valence-electron chi connectivity index (χ3n) is 5.66. The Kier molecular flexibility index (Phi) is 4.89. The Bertz CT molecular complexity index is 738. The van der Waals surface area contributed by atoms with Gasteiger partial charge in [-0.05, 0) is 67.8 Å². The molecule has 2 aliphatic heterocycles. The lowest BCUT2D eigenvalue weighted by molar-refractivity contribution is 0.0553. The van der Waals surface area contributed by atoms with Gasteiger partial charge in [0.2, 0.25) is 0 Å². The maximum atomic E-state index is 12.9. The van der Waals surface area contributed by atoms with Crippen LogP contribution >= 0.6 is 0 Å². The smallest absolute Gasteiger partial charge is 0.253 e. The quantitative estimate of drug-likeness (QED) is 0.890. The van der Waals surface area contributed by atoms with Crippen LogP contribution in [0.15, 0.2) is 48.8 Å². The van der Waals surface area contributed by atoms with E-state index in [1.807, 2.05) is 36.4 Å². The van der Waals surface area contributed by atoms with Crippen LogP contribution in [0, 0.1) is 5.41 Å². The summed E-state index contributed by atoms with van der Waals surface area (Å²) in [7, 11) is 0. The van der Waals surface area contributed by atoms with Gasteiger partial charge in [-0.15, -0.1) is 0 Å². The van der Waals surface area contributed by atoms with Crippen LogP contribution in [0.1, 0.15) is 35.2 Å². The van der Waals surface area contributed by atoms with Crippen molar-refractivity contribution in [3.05, 3.63) is 59.9 Å². The minimum Gasteiger partial charge on any atom is -0.381 e. The van der Waals surface area contributed by atoms with Crippen LogP contribution in [0.5, 0.6) is 0 Å². The highest BCUT2D eigenvalue weighted by Gasteiger charge is 2.39. The molecule has 4 rings (SSSR count). The van der Waals surface area contributed by atoms with Gasteiger partial charge in [0.15, 0.2) is 0 Å². The number of anilines is 1. The Morgan fingerprint density at radius 2 is 1.96 bits per heavy atom. The molecule has 2 fully saturated rings. The molecule has 0 bridgehead atoms. The van der Waals surface area contributed by atoms with Gasteiger partial charge in [0.1, 0.15) is 0 Å². The molecular formula is C21H26N4O. The number of carbonyl (C=O) groups excluding carboxylic acids is 1. The summed E-state index contributed by atoms with van der Waals surface area (Å²) in [5.41, 5.74) is 3.29. The summed E-state index contributed by atoms with van der Waals surface area (Å²) in [4.78, 5) is 19.0. The highest BCUT2D eigenvalue weighted by Crippen LogP contribution is 2.36. The number of hydrogen-bond acceptors (Lipinski definition) is 4. The molecule has 5 heteroatoms. The van der Waals surface area contributed by atoms with Crippen LogP contribution in [-0.2, 0) is 6.54 Å². The van der Waals surface area contributed by atoms with E-state index in [9.17, 15) is 4.79 Å². The van der Waals surface area contributed by atoms with E-state index in [0.29, 0.717) is 5.41 Å². The first-order valence-electron chi connectivity index (χ1n) is 9.47. The van der Waals surface area contributed by atoms with Crippen molar-refractivity contribution in [1.82, 2.24) is 15.2 Å². The topological polar surface area (TPSA) is 57.3 Å². The molecule has 1 aromatic heterocycles. The largest absolute Gasteiger partial charge is 0.381 e. The Balaban J connectivity index is 1.37. The molecule has 1 atom stereocenters. The molecule has 2 aromatic rings. The van der Waals surface area contributed by atoms with Crippen molar-refractivity contribution >= 4 is 11.6 Å². The highest BCUT2D eigenvalue weighted by molar-refractivity contribution is 5.94. The minimum atomic E-state index is 0.164. The summed E-state index contributed by atoms with van der Waals surface area (Å²) in [6, 6.07) is 11.8. The second kappa shape index (κ2) is 7.46. The molecule has 5 nitrogen and oxygen atoms in total. The minimum absolute atomic E-state index is 0.164. The zero-order chi connectivity index (χ0) is 17.8. The summed E-state index contributed by atoms with van der Waals surface area (Å²) >= 11 is 0. The van der Waals surface area contributed by atoms with E-state index in [1.165, 1.54) is 18.4 Å². The Morgan fingerprint density at radius 1 is 1.15 bits per heavy atom. The van der Waals surface area contributed by atoms with Crippen LogP contribution in [-0.4, -0.2) is 42.0 Å². The molecule has 2 N–H and O–H groups in total. The number of nitrogens with one attached hydrogen (secondary N) is 2. The number of piperidine rings is 1. The van der Waals surface area contributed by atoms with Crippen molar-refractivity contribution < 1.29 is 4.79 Å². The van der Waals surface area contributed by atoms with E-state index in [4.69, 9.17) is 0 Å². The SMILES string of the molecule is O=C(c1ccc(NCc2ccncc2)cc1)N1CCC[C@@]2(CCNC2)C1. The maximum Gasteiger partial charge on any atom is 0.253 e. The number of benzene rings is 1. The molecule has 1 amide bonds. The molecule has 0 saturated carbocycles. The molecule has 136 valence electrons. The number of nitrogens with zero attached hydrogens (tertiary/aromatic N) is 2. The summed E-state index contributed by atoms with van der Waals surface area (Å²) in [6.07, 6.45) is 7.13. The lowest BCUT2D eigenvalue weighted by atomic mass is 9.79. The summed E-state index contributed by atoms with van der Waals surface area (Å²) in [5, 5.41) is 6.85. The third-order valence-corrected chi connectivity index (χ3v) is 5.66. The van der Waals surface area contributed by atoms with Crippen molar-refractivity contribution in [2.24, 2.45) is 5.41 Å². The van der Waals surface area contributed by atoms with Crippen molar-refractivity contribution in [3.63, 3.8) is 0 Å². The van der Waals surface area contributed by atoms with Crippen LogP contribution in [0.4, 0.5) is 5.69 Å². The maximum absolute atomic E-state index is 12.9. The highest BCUT2D eigenvalue weighted by atomic mass is 16.2. The predicted octanol–water partition coefficient (Wildman–Crippen LogP) is 2.91. The summed E-state index contributed by atoms with van der Waals surface area (Å²) in [5.74, 6) is 0.164. The first-order chi connectivity index (χ1) is 12.7. The molecule has 2 aliphatic rings. The van der Waals surface area contributed by atoms with Gasteiger partial charge in [-0.25, -0.2) is 0 Å². The van der Waals surface area contributed by atoms with Gasteiger partial charge < -0.3 is 15.5 Å². The zero-order valence-electron chi connectivity index (χ0n) is 15.1. The molecule has 2 saturated heterocycles. The van der Waals surface area contributed by atoms with Crippen LogP contribution < -0.4 is 10.6 Å². The Labute approximate surface area is 154 Å². The molecule has 1 spiro atoms. The number of pyridine rings is 1. The number of carbonyl (C=O) groups is 1. The summed E-state index contributed by atoms with van der Waals surface area (Å²) in [6.45, 7) is 4.65. The summed E-state index contributed by atoms with van der Waals surface area (Å²) < 4.78 is 0. The number of hydrogen-bond donors (Lipinski definition) is 2. The van der Waals surface area contributed by atoms with E-state index in [2.05, 4.69) is 20.5 Å². The molecule has 0 aliphatic carbocycles. The van der Waals surface area contributed by atoms with Gasteiger partial charge in [-0.2, -0.15) is 0 Å². The Hall–Kier alpha value is -2.40. The standard InChI is InChI=1S/C21H26N4O/c26-20(25-13-1-8-21(16-25)9-12-23-15-21)18-2-4-19(5-3-18)24-14-17-6-10-22-11-7-17/h2-7,10-11,23-24H,1,8-9,12-16H2/t21-/m0/s1. The van der Waals surface area contributed by atoms with Gasteiger partial charge in [-0.1, -0.05) is 0 Å². The fourth-order valence-electron chi connectivity index (χ4n) is 4.14. The van der Waals surface area contributed by atoms with Gasteiger partial charge in [0.05, 0.1) is 0 Å². The molecule has 3 heterocycles. The number of likely N-dealkylation sites (tertiary alicyclic amines) is 1. The van der Waals surface area contributed by atoms with Crippen molar-refractivity contribution in [1.29, 1.82) is 0 Å². The van der Waals surface area contributed by atoms with Crippen molar-refractivity contribution in [3.8, 4) is 0 Å². The van der Waals surface area contributed by atoms with E-state index >= 15 is 0 Å². The number of rotatable bonds is 4.